The highest BCUT2D eigenvalue weighted by atomic mass is 16.5. The van der Waals surface area contributed by atoms with Crippen LogP contribution in [0.3, 0.4) is 0 Å². The predicted octanol–water partition coefficient (Wildman–Crippen LogP) is 11.7. The van der Waals surface area contributed by atoms with Crippen LogP contribution in [0, 0.1) is 0 Å². The minimum absolute atomic E-state index is 0.0833. The Morgan fingerprint density at radius 2 is 0.830 bits per heavy atom. The second-order valence-corrected chi connectivity index (χ2v) is 12.9. The third-order valence-electron chi connectivity index (χ3n) is 9.90. The average molecular weight is 642 g/mol. The zero-order valence-electron chi connectivity index (χ0n) is 31.2. The highest BCUT2D eigenvalue weighted by Gasteiger charge is 2.23. The van der Waals surface area contributed by atoms with E-state index in [1.807, 2.05) is 0 Å². The van der Waals surface area contributed by atoms with Crippen LogP contribution in [0.1, 0.15) is 135 Å². The molecule has 3 aromatic rings. The summed E-state index contributed by atoms with van der Waals surface area (Å²) in [5, 5.41) is 0. The van der Waals surface area contributed by atoms with Gasteiger partial charge in [0.2, 0.25) is 0 Å². The molecule has 4 nitrogen and oxygen atoms in total. The Kier molecular flexibility index (Phi) is 17.7. The lowest BCUT2D eigenvalue weighted by molar-refractivity contribution is 0.301. The molecule has 0 bridgehead atoms. The van der Waals surface area contributed by atoms with E-state index in [4.69, 9.17) is 4.74 Å². The molecule has 3 rings (SSSR count). The summed E-state index contributed by atoms with van der Waals surface area (Å²) < 4.78 is 6.76. The lowest BCUT2D eigenvalue weighted by Gasteiger charge is -2.27. The number of rotatable bonds is 24. The van der Waals surface area contributed by atoms with Crippen LogP contribution in [0.5, 0.6) is 5.75 Å². The van der Waals surface area contributed by atoms with E-state index in [-0.39, 0.29) is 5.92 Å². The van der Waals surface area contributed by atoms with Gasteiger partial charge in [-0.25, -0.2) is 0 Å². The van der Waals surface area contributed by atoms with E-state index in [9.17, 15) is 0 Å². The molecule has 0 radical (unpaired) electrons. The second kappa shape index (κ2) is 21.7. The van der Waals surface area contributed by atoms with Gasteiger partial charge in [-0.05, 0) is 89.4 Å². The van der Waals surface area contributed by atoms with Crippen molar-refractivity contribution in [1.82, 2.24) is 0 Å². The van der Waals surface area contributed by atoms with E-state index in [1.54, 1.807) is 0 Å². The van der Waals surface area contributed by atoms with Gasteiger partial charge in [-0.15, -0.1) is 0 Å². The molecule has 0 spiro atoms. The van der Waals surface area contributed by atoms with E-state index in [0.29, 0.717) is 0 Å². The Hall–Kier alpha value is -3.14. The first-order valence-electron chi connectivity index (χ1n) is 19.3. The summed E-state index contributed by atoms with van der Waals surface area (Å²) in [5.74, 6) is 1.11. The van der Waals surface area contributed by atoms with Gasteiger partial charge < -0.3 is 19.4 Å². The molecule has 0 aliphatic carbocycles. The third kappa shape index (κ3) is 11.5. The molecule has 4 heteroatoms. The number of hydrogen-bond acceptors (Lipinski definition) is 4. The van der Waals surface area contributed by atoms with Crippen LogP contribution >= 0.6 is 0 Å². The molecule has 3 aromatic carbocycles. The SMILES string of the molecule is CCCCCCCCCCCCOc1cc(N(CC)CC)ccc1C(c1ccc(N(CC)CC)cc1)c1ccc(N(CC)CC)cc1. The van der Waals surface area contributed by atoms with Crippen LogP contribution < -0.4 is 19.4 Å². The molecule has 0 saturated heterocycles. The van der Waals surface area contributed by atoms with Crippen molar-refractivity contribution < 1.29 is 4.74 Å². The second-order valence-electron chi connectivity index (χ2n) is 12.9. The summed E-state index contributed by atoms with van der Waals surface area (Å²) in [5.41, 5.74) is 7.66. The van der Waals surface area contributed by atoms with E-state index < -0.39 is 0 Å². The van der Waals surface area contributed by atoms with Crippen LogP contribution in [0.25, 0.3) is 0 Å². The first kappa shape index (κ1) is 38.3. The molecule has 47 heavy (non-hydrogen) atoms. The summed E-state index contributed by atoms with van der Waals surface area (Å²) >= 11 is 0. The largest absolute Gasteiger partial charge is 0.493 e. The number of unbranched alkanes of at least 4 members (excludes halogenated alkanes) is 9. The van der Waals surface area contributed by atoms with Crippen molar-refractivity contribution in [2.75, 3.05) is 60.6 Å². The Bertz CT molecular complexity index is 1170. The van der Waals surface area contributed by atoms with Crippen LogP contribution in [0.15, 0.2) is 66.7 Å². The molecule has 0 fully saturated rings. The van der Waals surface area contributed by atoms with Crippen molar-refractivity contribution in [2.24, 2.45) is 0 Å². The number of nitrogens with zero attached hydrogens (tertiary/aromatic N) is 3. The first-order chi connectivity index (χ1) is 23.0. The zero-order valence-corrected chi connectivity index (χ0v) is 31.2. The van der Waals surface area contributed by atoms with E-state index in [1.165, 1.54) is 91.5 Å². The fourth-order valence-corrected chi connectivity index (χ4v) is 6.93. The maximum absolute atomic E-state index is 6.76. The Labute approximate surface area is 289 Å². The summed E-state index contributed by atoms with van der Waals surface area (Å²) in [6.07, 6.45) is 13.3. The molecule has 0 aliphatic heterocycles. The topological polar surface area (TPSA) is 19.0 Å². The van der Waals surface area contributed by atoms with Gasteiger partial charge in [0.15, 0.2) is 0 Å². The van der Waals surface area contributed by atoms with Crippen LogP contribution in [-0.2, 0) is 0 Å². The molecule has 260 valence electrons. The number of benzene rings is 3. The Morgan fingerprint density at radius 1 is 0.447 bits per heavy atom. The molecule has 0 heterocycles. The van der Waals surface area contributed by atoms with E-state index in [0.717, 1.165) is 58.0 Å². The van der Waals surface area contributed by atoms with Gasteiger partial charge in [0, 0.05) is 73.9 Å². The van der Waals surface area contributed by atoms with Gasteiger partial charge in [-0.1, -0.05) is 95.0 Å². The van der Waals surface area contributed by atoms with Crippen molar-refractivity contribution >= 4 is 17.1 Å². The van der Waals surface area contributed by atoms with Gasteiger partial charge in [-0.2, -0.15) is 0 Å². The monoisotopic (exact) mass is 642 g/mol. The van der Waals surface area contributed by atoms with Crippen molar-refractivity contribution in [3.8, 4) is 5.75 Å². The predicted molar refractivity (Wildman–Crippen MR) is 208 cm³/mol. The average Bonchev–Trinajstić information content (AvgIpc) is 3.11. The Morgan fingerprint density at radius 3 is 1.26 bits per heavy atom. The molecular weight excluding hydrogens is 574 g/mol. The van der Waals surface area contributed by atoms with E-state index >= 15 is 0 Å². The number of anilines is 3. The van der Waals surface area contributed by atoms with E-state index in [2.05, 4.69) is 130 Å². The molecule has 0 amide bonds. The number of ether oxygens (including phenoxy) is 1. The van der Waals surface area contributed by atoms with Crippen molar-refractivity contribution in [3.63, 3.8) is 0 Å². The maximum Gasteiger partial charge on any atom is 0.125 e. The third-order valence-corrected chi connectivity index (χ3v) is 9.90. The lowest BCUT2D eigenvalue weighted by atomic mass is 9.84. The minimum Gasteiger partial charge on any atom is -0.493 e. The first-order valence-corrected chi connectivity index (χ1v) is 19.3. The molecule has 0 unspecified atom stereocenters. The van der Waals surface area contributed by atoms with Gasteiger partial charge in [-0.3, -0.25) is 0 Å². The van der Waals surface area contributed by atoms with Gasteiger partial charge in [0.25, 0.3) is 0 Å². The molecular formula is C43H67N3O. The van der Waals surface area contributed by atoms with Gasteiger partial charge >= 0.3 is 0 Å². The smallest absolute Gasteiger partial charge is 0.125 e. The Balaban J connectivity index is 1.90. The van der Waals surface area contributed by atoms with Crippen LogP contribution in [0.2, 0.25) is 0 Å². The highest BCUT2D eigenvalue weighted by molar-refractivity contribution is 5.60. The van der Waals surface area contributed by atoms with Crippen molar-refractivity contribution in [3.05, 3.63) is 83.4 Å². The van der Waals surface area contributed by atoms with Crippen molar-refractivity contribution in [2.45, 2.75) is 119 Å². The summed E-state index contributed by atoms with van der Waals surface area (Å²) in [6, 6.07) is 25.5. The molecule has 0 aliphatic rings. The fraction of sp³-hybridized carbons (Fsp3) is 0.581. The normalized spacial score (nSPS) is 11.2. The summed E-state index contributed by atoms with van der Waals surface area (Å²) in [4.78, 5) is 7.25. The summed E-state index contributed by atoms with van der Waals surface area (Å²) in [7, 11) is 0. The van der Waals surface area contributed by atoms with Gasteiger partial charge in [0.05, 0.1) is 6.61 Å². The molecule has 0 atom stereocenters. The fourth-order valence-electron chi connectivity index (χ4n) is 6.93. The lowest BCUT2D eigenvalue weighted by Crippen LogP contribution is -2.22. The van der Waals surface area contributed by atoms with Gasteiger partial charge in [0.1, 0.15) is 5.75 Å². The highest BCUT2D eigenvalue weighted by Crippen LogP contribution is 2.40. The maximum atomic E-state index is 6.76. The van der Waals surface area contributed by atoms with Crippen LogP contribution in [-0.4, -0.2) is 45.9 Å². The van der Waals surface area contributed by atoms with Crippen LogP contribution in [0.4, 0.5) is 17.1 Å². The molecule has 0 saturated carbocycles. The quantitative estimate of drug-likeness (QED) is 0.0715. The van der Waals surface area contributed by atoms with Crippen molar-refractivity contribution in [1.29, 1.82) is 0 Å². The summed E-state index contributed by atoms with van der Waals surface area (Å²) in [6.45, 7) is 22.4. The molecule has 0 aromatic heterocycles. The zero-order chi connectivity index (χ0) is 33.9. The minimum atomic E-state index is 0.0833. The standard InChI is InChI=1S/C43H67N3O/c1-8-15-16-17-18-19-20-21-22-23-34-47-42-35-40(46(13-6)14-7)32-33-41(42)43(36-24-28-38(29-25-36)44(9-2)10-3)37-26-30-39(31-27-37)45(11-4)12-5/h24-33,35,43H,8-23,34H2,1-7H3. The molecule has 0 N–H and O–H groups in total. The number of hydrogen-bond donors (Lipinski definition) is 0.